The van der Waals surface area contributed by atoms with Gasteiger partial charge in [-0.2, -0.15) is 0 Å². The van der Waals surface area contributed by atoms with Crippen LogP contribution >= 0.6 is 0 Å². The van der Waals surface area contributed by atoms with Crippen LogP contribution in [0.2, 0.25) is 0 Å². The highest BCUT2D eigenvalue weighted by Gasteiger charge is 2.34. The highest BCUT2D eigenvalue weighted by atomic mass is 32.2. The molecule has 0 aromatic heterocycles. The van der Waals surface area contributed by atoms with E-state index in [9.17, 15) is 8.42 Å². The molecule has 0 saturated heterocycles. The average Bonchev–Trinajstić information content (AvgIpc) is 2.09. The van der Waals surface area contributed by atoms with Crippen LogP contribution in [0.4, 0.5) is 0 Å². The molecule has 1 fully saturated rings. The fraction of sp³-hybridized carbons (Fsp3) is 1.00. The minimum atomic E-state index is -2.94. The lowest BCUT2D eigenvalue weighted by Gasteiger charge is -2.31. The van der Waals surface area contributed by atoms with Crippen molar-refractivity contribution in [1.29, 1.82) is 0 Å². The summed E-state index contributed by atoms with van der Waals surface area (Å²) in [6, 6.07) is -0.136. The van der Waals surface area contributed by atoms with Crippen molar-refractivity contribution >= 4 is 9.84 Å². The summed E-state index contributed by atoms with van der Waals surface area (Å²) in [4.78, 5) is 0. The van der Waals surface area contributed by atoms with Gasteiger partial charge in [0.1, 0.15) is 0 Å². The first-order valence-corrected chi connectivity index (χ1v) is 7.16. The summed E-state index contributed by atoms with van der Waals surface area (Å²) in [5.41, 5.74) is 5.88. The van der Waals surface area contributed by atoms with Gasteiger partial charge in [0.2, 0.25) is 0 Å². The van der Waals surface area contributed by atoms with E-state index >= 15 is 0 Å². The Bertz CT molecular complexity index is 274. The van der Waals surface area contributed by atoms with Crippen LogP contribution in [0.1, 0.15) is 39.5 Å². The SMILES string of the molecule is CCCS(=O)(=O)C1CC(C)CCC1N. The Balaban J connectivity index is 2.74. The molecule has 3 unspecified atom stereocenters. The zero-order chi connectivity index (χ0) is 10.8. The first-order chi connectivity index (χ1) is 6.47. The Morgan fingerprint density at radius 2 is 2.00 bits per heavy atom. The maximum atomic E-state index is 11.9. The lowest BCUT2D eigenvalue weighted by molar-refractivity contribution is 0.346. The molecule has 0 aliphatic heterocycles. The zero-order valence-electron chi connectivity index (χ0n) is 9.07. The summed E-state index contributed by atoms with van der Waals surface area (Å²) < 4.78 is 23.7. The van der Waals surface area contributed by atoms with Gasteiger partial charge >= 0.3 is 0 Å². The molecular weight excluding hydrogens is 198 g/mol. The lowest BCUT2D eigenvalue weighted by Crippen LogP contribution is -2.45. The number of nitrogens with two attached hydrogens (primary N) is 1. The standard InChI is InChI=1S/C10H21NO2S/c1-3-6-14(12,13)10-7-8(2)4-5-9(10)11/h8-10H,3-7,11H2,1-2H3. The van der Waals surface area contributed by atoms with Crippen molar-refractivity contribution in [2.24, 2.45) is 11.7 Å². The summed E-state index contributed by atoms with van der Waals surface area (Å²) >= 11 is 0. The van der Waals surface area contributed by atoms with Crippen LogP contribution in [0.25, 0.3) is 0 Å². The molecule has 1 aliphatic rings. The molecule has 1 aliphatic carbocycles. The molecule has 0 spiro atoms. The van der Waals surface area contributed by atoms with E-state index < -0.39 is 9.84 Å². The summed E-state index contributed by atoms with van der Waals surface area (Å²) in [7, 11) is -2.94. The van der Waals surface area contributed by atoms with Gasteiger partial charge in [0.05, 0.1) is 11.0 Å². The molecule has 4 heteroatoms. The van der Waals surface area contributed by atoms with Gasteiger partial charge < -0.3 is 5.73 Å². The van der Waals surface area contributed by atoms with E-state index in [4.69, 9.17) is 5.73 Å². The molecule has 0 aromatic rings. The van der Waals surface area contributed by atoms with Gasteiger partial charge in [-0.3, -0.25) is 0 Å². The van der Waals surface area contributed by atoms with Crippen LogP contribution in [-0.2, 0) is 9.84 Å². The van der Waals surface area contributed by atoms with E-state index in [-0.39, 0.29) is 17.0 Å². The Kier molecular flexibility index (Phi) is 3.95. The van der Waals surface area contributed by atoms with Gasteiger partial charge in [-0.05, 0) is 31.6 Å². The molecule has 1 rings (SSSR count). The predicted octanol–water partition coefficient (Wildman–Crippen LogP) is 1.33. The van der Waals surface area contributed by atoms with Crippen LogP contribution in [0.5, 0.6) is 0 Å². The van der Waals surface area contributed by atoms with Gasteiger partial charge in [-0.15, -0.1) is 0 Å². The van der Waals surface area contributed by atoms with Crippen molar-refractivity contribution in [1.82, 2.24) is 0 Å². The van der Waals surface area contributed by atoms with Crippen molar-refractivity contribution in [3.05, 3.63) is 0 Å². The number of hydrogen-bond donors (Lipinski definition) is 1. The zero-order valence-corrected chi connectivity index (χ0v) is 9.89. The molecule has 0 bridgehead atoms. The van der Waals surface area contributed by atoms with Crippen molar-refractivity contribution in [2.75, 3.05) is 5.75 Å². The van der Waals surface area contributed by atoms with Gasteiger partial charge in [0, 0.05) is 6.04 Å². The fourth-order valence-corrected chi connectivity index (χ4v) is 4.36. The van der Waals surface area contributed by atoms with Gasteiger partial charge in [0.25, 0.3) is 0 Å². The van der Waals surface area contributed by atoms with Crippen molar-refractivity contribution in [2.45, 2.75) is 50.8 Å². The summed E-state index contributed by atoms with van der Waals surface area (Å²) in [5, 5.41) is -0.286. The first-order valence-electron chi connectivity index (χ1n) is 5.44. The molecule has 3 nitrogen and oxygen atoms in total. The Morgan fingerprint density at radius 3 is 2.57 bits per heavy atom. The van der Waals surface area contributed by atoms with Crippen LogP contribution in [0.3, 0.4) is 0 Å². The Hall–Kier alpha value is -0.0900. The number of sulfone groups is 1. The van der Waals surface area contributed by atoms with Crippen molar-refractivity contribution in [3.63, 3.8) is 0 Å². The molecule has 0 amide bonds. The number of hydrogen-bond acceptors (Lipinski definition) is 3. The second kappa shape index (κ2) is 4.62. The second-order valence-corrected chi connectivity index (χ2v) is 6.83. The quantitative estimate of drug-likeness (QED) is 0.779. The van der Waals surface area contributed by atoms with Gasteiger partial charge in [0.15, 0.2) is 9.84 Å². The predicted molar refractivity (Wildman–Crippen MR) is 58.9 cm³/mol. The Morgan fingerprint density at radius 1 is 1.36 bits per heavy atom. The van der Waals surface area contributed by atoms with E-state index in [0.717, 1.165) is 19.3 Å². The molecule has 0 radical (unpaired) electrons. The van der Waals surface area contributed by atoms with Crippen LogP contribution in [-0.4, -0.2) is 25.5 Å². The third-order valence-corrected chi connectivity index (χ3v) is 5.50. The smallest absolute Gasteiger partial charge is 0.154 e. The third-order valence-electron chi connectivity index (χ3n) is 3.05. The van der Waals surface area contributed by atoms with E-state index in [1.54, 1.807) is 0 Å². The summed E-state index contributed by atoms with van der Waals surface area (Å²) in [6.07, 6.45) is 3.37. The third kappa shape index (κ3) is 2.70. The van der Waals surface area contributed by atoms with Crippen molar-refractivity contribution in [3.8, 4) is 0 Å². The molecule has 0 aromatic carbocycles. The Labute approximate surface area is 87.0 Å². The molecular formula is C10H21NO2S. The molecule has 14 heavy (non-hydrogen) atoms. The number of rotatable bonds is 3. The van der Waals surface area contributed by atoms with Crippen molar-refractivity contribution < 1.29 is 8.42 Å². The van der Waals surface area contributed by atoms with Crippen LogP contribution in [0.15, 0.2) is 0 Å². The summed E-state index contributed by atoms with van der Waals surface area (Å²) in [5.74, 6) is 0.796. The average molecular weight is 219 g/mol. The first kappa shape index (κ1) is 12.0. The van der Waals surface area contributed by atoms with Gasteiger partial charge in [-0.1, -0.05) is 13.8 Å². The van der Waals surface area contributed by atoms with E-state index in [1.807, 2.05) is 6.92 Å². The minimum Gasteiger partial charge on any atom is -0.327 e. The maximum absolute atomic E-state index is 11.9. The minimum absolute atomic E-state index is 0.136. The summed E-state index contributed by atoms with van der Waals surface area (Å²) in [6.45, 7) is 4.01. The van der Waals surface area contributed by atoms with Crippen LogP contribution < -0.4 is 5.73 Å². The molecule has 3 atom stereocenters. The van der Waals surface area contributed by atoms with E-state index in [0.29, 0.717) is 12.3 Å². The second-order valence-electron chi connectivity index (χ2n) is 4.49. The van der Waals surface area contributed by atoms with Crippen LogP contribution in [0, 0.1) is 5.92 Å². The van der Waals surface area contributed by atoms with E-state index in [2.05, 4.69) is 6.92 Å². The molecule has 2 N–H and O–H groups in total. The monoisotopic (exact) mass is 219 g/mol. The van der Waals surface area contributed by atoms with E-state index in [1.165, 1.54) is 0 Å². The fourth-order valence-electron chi connectivity index (χ4n) is 2.20. The molecule has 84 valence electrons. The topological polar surface area (TPSA) is 60.2 Å². The highest BCUT2D eigenvalue weighted by molar-refractivity contribution is 7.92. The van der Waals surface area contributed by atoms with Gasteiger partial charge in [-0.25, -0.2) is 8.42 Å². The normalized spacial score (nSPS) is 34.4. The largest absolute Gasteiger partial charge is 0.327 e. The lowest BCUT2D eigenvalue weighted by atomic mass is 9.87. The molecule has 0 heterocycles. The maximum Gasteiger partial charge on any atom is 0.154 e. The molecule has 1 saturated carbocycles. The highest BCUT2D eigenvalue weighted by Crippen LogP contribution is 2.28.